The van der Waals surface area contributed by atoms with Gasteiger partial charge in [0.15, 0.2) is 6.10 Å². The third-order valence-electron chi connectivity index (χ3n) is 6.29. The molecule has 2 heterocycles. The minimum Gasteiger partial charge on any atom is -0.451 e. The zero-order valence-electron chi connectivity index (χ0n) is 18.5. The fourth-order valence-corrected chi connectivity index (χ4v) is 4.93. The van der Waals surface area contributed by atoms with Gasteiger partial charge in [-0.05, 0) is 55.4 Å². The summed E-state index contributed by atoms with van der Waals surface area (Å²) in [7, 11) is 0. The highest BCUT2D eigenvalue weighted by Crippen LogP contribution is 2.43. The molecule has 2 fully saturated rings. The summed E-state index contributed by atoms with van der Waals surface area (Å²) in [4.78, 5) is 51.8. The summed E-state index contributed by atoms with van der Waals surface area (Å²) >= 11 is 1.51. The molecule has 1 spiro atoms. The van der Waals surface area contributed by atoms with Crippen molar-refractivity contribution in [2.75, 3.05) is 6.54 Å². The number of hydrogen-bond acceptors (Lipinski definition) is 6. The molecule has 1 aromatic heterocycles. The van der Waals surface area contributed by atoms with Gasteiger partial charge in [-0.15, -0.1) is 11.3 Å². The molecular weight excluding hydrogens is 418 g/mol. The lowest BCUT2D eigenvalue weighted by Gasteiger charge is -2.40. The van der Waals surface area contributed by atoms with Crippen LogP contribution in [-0.2, 0) is 25.7 Å². The lowest BCUT2D eigenvalue weighted by Crippen LogP contribution is -2.51. The van der Waals surface area contributed by atoms with Crippen molar-refractivity contribution in [2.24, 2.45) is 11.3 Å². The van der Waals surface area contributed by atoms with Gasteiger partial charge in [0.05, 0.1) is 6.54 Å². The van der Waals surface area contributed by atoms with Crippen LogP contribution < -0.4 is 10.6 Å². The number of carbonyl (C=O) groups excluding carboxylic acids is 4. The molecule has 4 amide bonds. The lowest BCUT2D eigenvalue weighted by molar-refractivity contribution is -0.156. The maximum absolute atomic E-state index is 13.0. The topological polar surface area (TPSA) is 105 Å². The number of esters is 1. The highest BCUT2D eigenvalue weighted by molar-refractivity contribution is 7.09. The summed E-state index contributed by atoms with van der Waals surface area (Å²) < 4.78 is 5.16. The van der Waals surface area contributed by atoms with Crippen LogP contribution in [0.25, 0.3) is 0 Å². The summed E-state index contributed by atoms with van der Waals surface area (Å²) in [5.41, 5.74) is -0.778. The Morgan fingerprint density at radius 2 is 2.00 bits per heavy atom. The fourth-order valence-electron chi connectivity index (χ4n) is 4.28. The van der Waals surface area contributed by atoms with Gasteiger partial charge in [0.1, 0.15) is 12.1 Å². The smallest absolute Gasteiger partial charge is 0.327 e. The normalized spacial score (nSPS) is 24.8. The predicted molar refractivity (Wildman–Crippen MR) is 116 cm³/mol. The molecule has 1 aromatic rings. The van der Waals surface area contributed by atoms with E-state index in [1.807, 2.05) is 17.5 Å². The SMILES string of the molecule is CC(OC(=O)CN1C(=O)NC2(CCC(C(C)(C)C)CC2)C1=O)C(=O)NCc1cccs1. The first kappa shape index (κ1) is 23.2. The van der Waals surface area contributed by atoms with E-state index in [1.54, 1.807) is 0 Å². The maximum Gasteiger partial charge on any atom is 0.327 e. The molecule has 0 bridgehead atoms. The van der Waals surface area contributed by atoms with Crippen LogP contribution in [0.1, 0.15) is 58.3 Å². The summed E-state index contributed by atoms with van der Waals surface area (Å²) in [6.45, 7) is 7.87. The van der Waals surface area contributed by atoms with E-state index in [2.05, 4.69) is 31.4 Å². The van der Waals surface area contributed by atoms with Gasteiger partial charge in [-0.3, -0.25) is 19.3 Å². The minimum atomic E-state index is -1.02. The Balaban J connectivity index is 1.51. The Labute approximate surface area is 186 Å². The van der Waals surface area contributed by atoms with Gasteiger partial charge in [0.2, 0.25) is 0 Å². The Morgan fingerprint density at radius 1 is 1.32 bits per heavy atom. The van der Waals surface area contributed by atoms with E-state index >= 15 is 0 Å². The largest absolute Gasteiger partial charge is 0.451 e. The predicted octanol–water partition coefficient (Wildman–Crippen LogP) is 2.82. The molecule has 9 heteroatoms. The van der Waals surface area contributed by atoms with Crippen molar-refractivity contribution in [1.82, 2.24) is 15.5 Å². The molecule has 2 aliphatic rings. The molecule has 1 atom stereocenters. The second-order valence-corrected chi connectivity index (χ2v) is 10.5. The third kappa shape index (κ3) is 5.26. The van der Waals surface area contributed by atoms with E-state index in [0.29, 0.717) is 25.3 Å². The first-order chi connectivity index (χ1) is 14.5. The van der Waals surface area contributed by atoms with Crippen LogP contribution in [0.15, 0.2) is 17.5 Å². The molecule has 31 heavy (non-hydrogen) atoms. The Kier molecular flexibility index (Phi) is 6.73. The average molecular weight is 450 g/mol. The zero-order valence-corrected chi connectivity index (χ0v) is 19.3. The van der Waals surface area contributed by atoms with Gasteiger partial charge in [0.25, 0.3) is 11.8 Å². The van der Waals surface area contributed by atoms with Gasteiger partial charge in [0, 0.05) is 4.88 Å². The lowest BCUT2D eigenvalue weighted by atomic mass is 9.67. The van der Waals surface area contributed by atoms with Gasteiger partial charge in [-0.1, -0.05) is 26.8 Å². The second kappa shape index (κ2) is 8.98. The Morgan fingerprint density at radius 3 is 2.58 bits per heavy atom. The quantitative estimate of drug-likeness (QED) is 0.513. The van der Waals surface area contributed by atoms with E-state index in [9.17, 15) is 19.2 Å². The number of nitrogens with one attached hydrogen (secondary N) is 2. The minimum absolute atomic E-state index is 0.150. The third-order valence-corrected chi connectivity index (χ3v) is 7.17. The number of amides is 4. The molecule has 1 aliphatic heterocycles. The Bertz CT molecular complexity index is 838. The van der Waals surface area contributed by atoms with Crippen molar-refractivity contribution in [3.8, 4) is 0 Å². The van der Waals surface area contributed by atoms with E-state index in [0.717, 1.165) is 22.6 Å². The van der Waals surface area contributed by atoms with Gasteiger partial charge in [-0.25, -0.2) is 4.79 Å². The van der Waals surface area contributed by atoms with Crippen LogP contribution in [0.3, 0.4) is 0 Å². The number of urea groups is 1. The van der Waals surface area contributed by atoms with Crippen molar-refractivity contribution in [3.05, 3.63) is 22.4 Å². The van der Waals surface area contributed by atoms with Crippen molar-refractivity contribution in [1.29, 1.82) is 0 Å². The zero-order chi connectivity index (χ0) is 22.8. The molecule has 1 saturated carbocycles. The Hall–Kier alpha value is -2.42. The van der Waals surface area contributed by atoms with E-state index in [1.165, 1.54) is 18.3 Å². The molecule has 0 aromatic carbocycles. The van der Waals surface area contributed by atoms with E-state index in [4.69, 9.17) is 4.74 Å². The monoisotopic (exact) mass is 449 g/mol. The van der Waals surface area contributed by atoms with E-state index < -0.39 is 36.1 Å². The molecule has 170 valence electrons. The standard InChI is InChI=1S/C22H31N3O5S/c1-14(18(27)23-12-16-6-5-11-31-16)30-17(26)13-25-19(28)22(24-20(25)29)9-7-15(8-10-22)21(2,3)4/h5-6,11,14-15H,7-10,12-13H2,1-4H3,(H,23,27)(H,24,29). The molecule has 8 nitrogen and oxygen atoms in total. The maximum atomic E-state index is 13.0. The number of thiophene rings is 1. The van der Waals surface area contributed by atoms with Crippen molar-refractivity contribution in [3.63, 3.8) is 0 Å². The summed E-state index contributed by atoms with van der Waals surface area (Å²) in [6.07, 6.45) is 1.79. The summed E-state index contributed by atoms with van der Waals surface area (Å²) in [6, 6.07) is 3.20. The van der Waals surface area contributed by atoms with Crippen molar-refractivity contribution >= 4 is 35.2 Å². The molecule has 1 aliphatic carbocycles. The van der Waals surface area contributed by atoms with Crippen molar-refractivity contribution in [2.45, 2.75) is 71.6 Å². The highest BCUT2D eigenvalue weighted by Gasteiger charge is 2.53. The number of imide groups is 1. The van der Waals surface area contributed by atoms with Crippen LogP contribution in [0.5, 0.6) is 0 Å². The van der Waals surface area contributed by atoms with Crippen LogP contribution >= 0.6 is 11.3 Å². The summed E-state index contributed by atoms with van der Waals surface area (Å²) in [5, 5.41) is 7.42. The molecule has 1 unspecified atom stereocenters. The van der Waals surface area contributed by atoms with Crippen LogP contribution in [0.2, 0.25) is 0 Å². The van der Waals surface area contributed by atoms with E-state index in [-0.39, 0.29) is 11.3 Å². The molecule has 0 radical (unpaired) electrons. The number of hydrogen-bond donors (Lipinski definition) is 2. The number of rotatable bonds is 6. The molecule has 2 N–H and O–H groups in total. The number of nitrogens with zero attached hydrogens (tertiary/aromatic N) is 1. The fraction of sp³-hybridized carbons (Fsp3) is 0.636. The van der Waals surface area contributed by atoms with Crippen LogP contribution in [0, 0.1) is 11.3 Å². The average Bonchev–Trinajstić information content (AvgIpc) is 3.29. The first-order valence-electron chi connectivity index (χ1n) is 10.7. The molecule has 1 saturated heterocycles. The van der Waals surface area contributed by atoms with Gasteiger partial charge >= 0.3 is 12.0 Å². The summed E-state index contributed by atoms with van der Waals surface area (Å²) in [5.74, 6) is -1.12. The van der Waals surface area contributed by atoms with Gasteiger partial charge < -0.3 is 15.4 Å². The van der Waals surface area contributed by atoms with Crippen LogP contribution in [-0.4, -0.2) is 46.9 Å². The molecule has 3 rings (SSSR count). The number of carbonyl (C=O) groups is 4. The van der Waals surface area contributed by atoms with Crippen molar-refractivity contribution < 1.29 is 23.9 Å². The van der Waals surface area contributed by atoms with Gasteiger partial charge in [-0.2, -0.15) is 0 Å². The molecular formula is C22H31N3O5S. The second-order valence-electron chi connectivity index (χ2n) is 9.47. The van der Waals surface area contributed by atoms with Crippen LogP contribution in [0.4, 0.5) is 4.79 Å². The highest BCUT2D eigenvalue weighted by atomic mass is 32.1. The first-order valence-corrected chi connectivity index (χ1v) is 11.5. The number of ether oxygens (including phenoxy) is 1.